The minimum atomic E-state index is -0.357. The molecule has 1 aromatic heterocycles. The van der Waals surface area contributed by atoms with Crippen LogP contribution in [0.2, 0.25) is 0 Å². The van der Waals surface area contributed by atoms with Crippen LogP contribution in [0, 0.1) is 26.6 Å². The van der Waals surface area contributed by atoms with Crippen LogP contribution in [0.15, 0.2) is 42.6 Å². The summed E-state index contributed by atoms with van der Waals surface area (Å²) in [6.07, 6.45) is 2.19. The van der Waals surface area contributed by atoms with E-state index in [4.69, 9.17) is 0 Å². The molecule has 0 saturated carbocycles. The molecule has 0 radical (unpaired) electrons. The minimum absolute atomic E-state index is 0.149. The molecule has 5 nitrogen and oxygen atoms in total. The summed E-state index contributed by atoms with van der Waals surface area (Å²) in [4.78, 5) is 29.4. The summed E-state index contributed by atoms with van der Waals surface area (Å²) in [5.74, 6) is -0.894. The van der Waals surface area contributed by atoms with Crippen molar-refractivity contribution < 1.29 is 14.0 Å². The van der Waals surface area contributed by atoms with E-state index in [9.17, 15) is 14.0 Å². The van der Waals surface area contributed by atoms with Crippen LogP contribution in [0.25, 0.3) is 0 Å². The van der Waals surface area contributed by atoms with Crippen LogP contribution in [0.1, 0.15) is 37.5 Å². The molecule has 0 bridgehead atoms. The lowest BCUT2D eigenvalue weighted by atomic mass is 10.1. The van der Waals surface area contributed by atoms with Gasteiger partial charge in [0.2, 0.25) is 5.91 Å². The second kappa shape index (κ2) is 8.96. The van der Waals surface area contributed by atoms with Gasteiger partial charge in [0.1, 0.15) is 5.82 Å². The molecule has 0 saturated heterocycles. The summed E-state index contributed by atoms with van der Waals surface area (Å²) in [5, 5.41) is 5.73. The normalized spacial score (nSPS) is 10.6. The van der Waals surface area contributed by atoms with E-state index < -0.39 is 0 Å². The molecule has 2 aromatic carbocycles. The highest BCUT2D eigenvalue weighted by atomic mass is 32.1. The van der Waals surface area contributed by atoms with Gasteiger partial charge in [-0.25, -0.2) is 9.37 Å². The Morgan fingerprint density at radius 2 is 1.79 bits per heavy atom. The first-order chi connectivity index (χ1) is 13.8. The van der Waals surface area contributed by atoms with E-state index in [1.807, 2.05) is 26.0 Å². The predicted molar refractivity (Wildman–Crippen MR) is 113 cm³/mol. The van der Waals surface area contributed by atoms with Crippen molar-refractivity contribution in [3.05, 3.63) is 81.1 Å². The highest BCUT2D eigenvalue weighted by Gasteiger charge is 2.11. The first kappa shape index (κ1) is 20.7. The molecule has 0 aliphatic heterocycles. The van der Waals surface area contributed by atoms with Crippen LogP contribution < -0.4 is 10.6 Å². The van der Waals surface area contributed by atoms with E-state index in [2.05, 4.69) is 15.6 Å². The number of aromatic nitrogens is 1. The largest absolute Gasteiger partial charge is 0.343 e. The first-order valence-corrected chi connectivity index (χ1v) is 9.98. The van der Waals surface area contributed by atoms with Gasteiger partial charge in [-0.15, -0.1) is 11.3 Å². The van der Waals surface area contributed by atoms with Gasteiger partial charge in [-0.05, 0) is 61.2 Å². The number of anilines is 1. The standard InChI is InChI=1S/C22H22FN3O2S/c1-13-5-7-17(8-15(13)3)21(28)24-12-20(27)26-22-25-11-18(29-22)9-16-6-4-14(2)19(23)10-16/h4-8,10-11H,9,12H2,1-3H3,(H,24,28)(H,25,26,27). The lowest BCUT2D eigenvalue weighted by Crippen LogP contribution is -2.32. The second-order valence-electron chi connectivity index (χ2n) is 6.92. The number of benzene rings is 2. The number of nitrogens with zero attached hydrogens (tertiary/aromatic N) is 1. The lowest BCUT2D eigenvalue weighted by molar-refractivity contribution is -0.115. The summed E-state index contributed by atoms with van der Waals surface area (Å²) in [6, 6.07) is 10.5. The predicted octanol–water partition coefficient (Wildman–Crippen LogP) is 4.17. The molecule has 2 amide bonds. The second-order valence-corrected chi connectivity index (χ2v) is 8.04. The van der Waals surface area contributed by atoms with Crippen molar-refractivity contribution in [3.8, 4) is 0 Å². The number of carbonyl (C=O) groups is 2. The fraction of sp³-hybridized carbons (Fsp3) is 0.227. The van der Waals surface area contributed by atoms with Crippen LogP contribution in [0.3, 0.4) is 0 Å². The number of hydrogen-bond donors (Lipinski definition) is 2. The average molecular weight is 412 g/mol. The highest BCUT2D eigenvalue weighted by Crippen LogP contribution is 2.22. The zero-order chi connectivity index (χ0) is 21.0. The molecule has 0 unspecified atom stereocenters. The molecule has 0 fully saturated rings. The molecular weight excluding hydrogens is 389 g/mol. The van der Waals surface area contributed by atoms with Crippen molar-refractivity contribution in [2.75, 3.05) is 11.9 Å². The van der Waals surface area contributed by atoms with Gasteiger partial charge in [0, 0.05) is 23.1 Å². The molecular formula is C22H22FN3O2S. The number of halogens is 1. The van der Waals surface area contributed by atoms with Gasteiger partial charge >= 0.3 is 0 Å². The Bertz CT molecular complexity index is 1060. The van der Waals surface area contributed by atoms with Gasteiger partial charge < -0.3 is 10.6 Å². The van der Waals surface area contributed by atoms with Crippen LogP contribution in [0.4, 0.5) is 9.52 Å². The molecule has 7 heteroatoms. The Balaban J connectivity index is 1.52. The van der Waals surface area contributed by atoms with Gasteiger partial charge in [0.25, 0.3) is 5.91 Å². The van der Waals surface area contributed by atoms with Crippen molar-refractivity contribution in [2.24, 2.45) is 0 Å². The number of rotatable bonds is 6. The number of carbonyl (C=O) groups excluding carboxylic acids is 2. The number of aryl methyl sites for hydroxylation is 3. The summed E-state index contributed by atoms with van der Waals surface area (Å²) >= 11 is 1.32. The molecule has 2 N–H and O–H groups in total. The lowest BCUT2D eigenvalue weighted by Gasteiger charge is -2.07. The van der Waals surface area contributed by atoms with E-state index >= 15 is 0 Å². The van der Waals surface area contributed by atoms with Crippen molar-refractivity contribution >= 4 is 28.3 Å². The molecule has 0 spiro atoms. The number of amides is 2. The van der Waals surface area contributed by atoms with Crippen molar-refractivity contribution in [1.29, 1.82) is 0 Å². The first-order valence-electron chi connectivity index (χ1n) is 9.17. The third-order valence-corrected chi connectivity index (χ3v) is 5.51. The van der Waals surface area contributed by atoms with E-state index in [1.54, 1.807) is 31.3 Å². The van der Waals surface area contributed by atoms with Crippen LogP contribution in [-0.2, 0) is 11.2 Å². The van der Waals surface area contributed by atoms with Gasteiger partial charge in [-0.3, -0.25) is 9.59 Å². The Labute approximate surface area is 173 Å². The van der Waals surface area contributed by atoms with Crippen molar-refractivity contribution in [1.82, 2.24) is 10.3 Å². The quantitative estimate of drug-likeness (QED) is 0.640. The molecule has 150 valence electrons. The summed E-state index contributed by atoms with van der Waals surface area (Å²) in [6.45, 7) is 5.48. The molecule has 0 aliphatic rings. The summed E-state index contributed by atoms with van der Waals surface area (Å²) in [7, 11) is 0. The van der Waals surface area contributed by atoms with Crippen molar-refractivity contribution in [2.45, 2.75) is 27.2 Å². The fourth-order valence-electron chi connectivity index (χ4n) is 2.70. The maximum atomic E-state index is 13.7. The van der Waals surface area contributed by atoms with E-state index in [1.165, 1.54) is 17.4 Å². The average Bonchev–Trinajstić information content (AvgIpc) is 3.11. The zero-order valence-electron chi connectivity index (χ0n) is 16.5. The molecule has 29 heavy (non-hydrogen) atoms. The van der Waals surface area contributed by atoms with Crippen LogP contribution in [0.5, 0.6) is 0 Å². The number of nitrogens with one attached hydrogen (secondary N) is 2. The molecule has 1 heterocycles. The smallest absolute Gasteiger partial charge is 0.251 e. The Morgan fingerprint density at radius 1 is 1.03 bits per heavy atom. The SMILES string of the molecule is Cc1ccc(C(=O)NCC(=O)Nc2ncc(Cc3ccc(C)c(F)c3)s2)cc1C. The Kier molecular flexibility index (Phi) is 6.39. The Morgan fingerprint density at radius 3 is 2.52 bits per heavy atom. The molecule has 3 aromatic rings. The fourth-order valence-corrected chi connectivity index (χ4v) is 3.57. The highest BCUT2D eigenvalue weighted by molar-refractivity contribution is 7.15. The maximum Gasteiger partial charge on any atom is 0.251 e. The zero-order valence-corrected chi connectivity index (χ0v) is 17.3. The van der Waals surface area contributed by atoms with Crippen LogP contribution in [-0.4, -0.2) is 23.3 Å². The Hall–Kier alpha value is -3.06. The van der Waals surface area contributed by atoms with Gasteiger partial charge in [0.15, 0.2) is 5.13 Å². The topological polar surface area (TPSA) is 71.1 Å². The van der Waals surface area contributed by atoms with Gasteiger partial charge in [-0.2, -0.15) is 0 Å². The van der Waals surface area contributed by atoms with E-state index in [0.29, 0.717) is 22.7 Å². The minimum Gasteiger partial charge on any atom is -0.343 e. The van der Waals surface area contributed by atoms with Gasteiger partial charge in [0.05, 0.1) is 6.54 Å². The van der Waals surface area contributed by atoms with E-state index in [0.717, 1.165) is 21.6 Å². The van der Waals surface area contributed by atoms with Crippen LogP contribution >= 0.6 is 11.3 Å². The summed E-state index contributed by atoms with van der Waals surface area (Å²) in [5.41, 5.74) is 4.09. The van der Waals surface area contributed by atoms with E-state index in [-0.39, 0.29) is 24.2 Å². The number of thiazole rings is 1. The monoisotopic (exact) mass is 411 g/mol. The third-order valence-electron chi connectivity index (χ3n) is 4.59. The molecule has 3 rings (SSSR count). The van der Waals surface area contributed by atoms with Crippen molar-refractivity contribution in [3.63, 3.8) is 0 Å². The maximum absolute atomic E-state index is 13.7. The van der Waals surface area contributed by atoms with Gasteiger partial charge in [-0.1, -0.05) is 18.2 Å². The molecule has 0 aliphatic carbocycles. The molecule has 0 atom stereocenters. The summed E-state index contributed by atoms with van der Waals surface area (Å²) < 4.78 is 13.7. The third kappa shape index (κ3) is 5.48. The number of hydrogen-bond acceptors (Lipinski definition) is 4.